The SMILES string of the molecule is O=C(Nc1ccc(Cl)c(C(F)(F)F)c1)Nc1nnc(SCc2cccc(Cl)c2)s1. The zero-order valence-corrected chi connectivity index (χ0v) is 17.4. The first-order valence-electron chi connectivity index (χ1n) is 7.86. The molecule has 0 saturated carbocycles. The van der Waals surface area contributed by atoms with Crippen LogP contribution in [0.5, 0.6) is 0 Å². The van der Waals surface area contributed by atoms with Crippen molar-refractivity contribution in [2.24, 2.45) is 0 Å². The van der Waals surface area contributed by atoms with Crippen LogP contribution in [0.2, 0.25) is 10.0 Å². The number of aromatic nitrogens is 2. The van der Waals surface area contributed by atoms with E-state index in [0.717, 1.165) is 29.0 Å². The molecular weight excluding hydrogens is 468 g/mol. The average molecular weight is 479 g/mol. The lowest BCUT2D eigenvalue weighted by atomic mass is 10.2. The molecule has 0 aliphatic carbocycles. The number of carbonyl (C=O) groups is 1. The average Bonchev–Trinajstić information content (AvgIpc) is 3.08. The molecule has 2 aromatic carbocycles. The Labute approximate surface area is 181 Å². The Morgan fingerprint density at radius 2 is 1.90 bits per heavy atom. The number of benzene rings is 2. The predicted octanol–water partition coefficient (Wildman–Crippen LogP) is 6.80. The first kappa shape index (κ1) is 21.7. The summed E-state index contributed by atoms with van der Waals surface area (Å²) < 4.78 is 39.3. The monoisotopic (exact) mass is 478 g/mol. The van der Waals surface area contributed by atoms with Gasteiger partial charge in [0.05, 0.1) is 10.6 Å². The highest BCUT2D eigenvalue weighted by atomic mass is 35.5. The summed E-state index contributed by atoms with van der Waals surface area (Å²) in [6.45, 7) is 0. The van der Waals surface area contributed by atoms with E-state index >= 15 is 0 Å². The predicted molar refractivity (Wildman–Crippen MR) is 110 cm³/mol. The molecule has 0 bridgehead atoms. The normalized spacial score (nSPS) is 11.3. The lowest BCUT2D eigenvalue weighted by Crippen LogP contribution is -2.19. The van der Waals surface area contributed by atoms with Gasteiger partial charge in [0, 0.05) is 16.5 Å². The van der Waals surface area contributed by atoms with Crippen LogP contribution in [0.1, 0.15) is 11.1 Å². The van der Waals surface area contributed by atoms with E-state index in [-0.39, 0.29) is 10.8 Å². The molecule has 0 spiro atoms. The van der Waals surface area contributed by atoms with Crippen LogP contribution in [0.3, 0.4) is 0 Å². The van der Waals surface area contributed by atoms with Gasteiger partial charge in [-0.1, -0.05) is 58.4 Å². The van der Waals surface area contributed by atoms with Gasteiger partial charge in [0.25, 0.3) is 0 Å². The van der Waals surface area contributed by atoms with E-state index in [1.54, 1.807) is 6.07 Å². The fourth-order valence-corrected chi connectivity index (χ4v) is 4.30. The summed E-state index contributed by atoms with van der Waals surface area (Å²) in [7, 11) is 0. The number of halogens is 5. The van der Waals surface area contributed by atoms with Gasteiger partial charge in [0.2, 0.25) is 5.13 Å². The van der Waals surface area contributed by atoms with E-state index in [1.807, 2.05) is 18.2 Å². The number of hydrogen-bond donors (Lipinski definition) is 2. The zero-order chi connectivity index (χ0) is 21.0. The van der Waals surface area contributed by atoms with Crippen LogP contribution in [-0.4, -0.2) is 16.2 Å². The number of urea groups is 1. The Hall–Kier alpha value is -2.01. The van der Waals surface area contributed by atoms with E-state index in [4.69, 9.17) is 23.2 Å². The molecule has 152 valence electrons. The standard InChI is InChI=1S/C17H11Cl2F3N4OS2/c18-10-3-1-2-9(6-10)8-28-16-26-25-15(29-16)24-14(27)23-11-4-5-13(19)12(7-11)17(20,21)22/h1-7H,8H2,(H2,23,24,25,27). The molecule has 0 saturated heterocycles. The van der Waals surface area contributed by atoms with E-state index in [2.05, 4.69) is 20.8 Å². The maximum absolute atomic E-state index is 12.9. The molecule has 29 heavy (non-hydrogen) atoms. The molecule has 1 aromatic heterocycles. The number of nitrogens with one attached hydrogen (secondary N) is 2. The fraction of sp³-hybridized carbons (Fsp3) is 0.118. The lowest BCUT2D eigenvalue weighted by Gasteiger charge is -2.11. The van der Waals surface area contributed by atoms with Crippen LogP contribution in [0.25, 0.3) is 0 Å². The van der Waals surface area contributed by atoms with Gasteiger partial charge in [-0.15, -0.1) is 10.2 Å². The molecule has 0 aliphatic heterocycles. The Bertz CT molecular complexity index is 1030. The number of anilines is 2. The number of nitrogens with zero attached hydrogens (tertiary/aromatic N) is 2. The second-order valence-electron chi connectivity index (χ2n) is 5.56. The molecular formula is C17H11Cl2F3N4OS2. The second kappa shape index (κ2) is 9.21. The quantitative estimate of drug-likeness (QED) is 0.312. The highest BCUT2D eigenvalue weighted by molar-refractivity contribution is 8.00. The minimum atomic E-state index is -4.63. The molecule has 0 unspecified atom stereocenters. The number of carbonyl (C=O) groups excluding carboxylic acids is 1. The van der Waals surface area contributed by atoms with Crippen LogP contribution < -0.4 is 10.6 Å². The van der Waals surface area contributed by atoms with Crippen molar-refractivity contribution in [3.8, 4) is 0 Å². The Balaban J connectivity index is 1.58. The number of amides is 2. The Morgan fingerprint density at radius 3 is 2.62 bits per heavy atom. The third kappa shape index (κ3) is 6.23. The van der Waals surface area contributed by atoms with Crippen molar-refractivity contribution in [2.45, 2.75) is 16.3 Å². The fourth-order valence-electron chi connectivity index (χ4n) is 2.17. The number of hydrogen-bond acceptors (Lipinski definition) is 5. The summed E-state index contributed by atoms with van der Waals surface area (Å²) in [6, 6.07) is 9.73. The van der Waals surface area contributed by atoms with E-state index in [9.17, 15) is 18.0 Å². The summed E-state index contributed by atoms with van der Waals surface area (Å²) in [6.07, 6.45) is -4.63. The van der Waals surface area contributed by atoms with Gasteiger partial charge in [-0.3, -0.25) is 5.32 Å². The smallest absolute Gasteiger partial charge is 0.308 e. The largest absolute Gasteiger partial charge is 0.417 e. The molecule has 0 fully saturated rings. The van der Waals surface area contributed by atoms with E-state index < -0.39 is 22.8 Å². The van der Waals surface area contributed by atoms with Crippen molar-refractivity contribution in [1.82, 2.24) is 10.2 Å². The zero-order valence-electron chi connectivity index (χ0n) is 14.3. The summed E-state index contributed by atoms with van der Waals surface area (Å²) in [5.41, 5.74) is -0.0833. The number of thioether (sulfide) groups is 1. The first-order valence-corrected chi connectivity index (χ1v) is 10.4. The summed E-state index contributed by atoms with van der Waals surface area (Å²) in [5, 5.41) is 13.0. The van der Waals surface area contributed by atoms with Crippen molar-refractivity contribution in [2.75, 3.05) is 10.6 Å². The van der Waals surface area contributed by atoms with Gasteiger partial charge >= 0.3 is 12.2 Å². The summed E-state index contributed by atoms with van der Waals surface area (Å²) >= 11 is 14.1. The van der Waals surface area contributed by atoms with Gasteiger partial charge < -0.3 is 5.32 Å². The van der Waals surface area contributed by atoms with Crippen LogP contribution in [0.15, 0.2) is 46.8 Å². The van der Waals surface area contributed by atoms with E-state index in [1.165, 1.54) is 17.8 Å². The minimum absolute atomic E-state index is 0.0562. The Morgan fingerprint density at radius 1 is 1.10 bits per heavy atom. The van der Waals surface area contributed by atoms with Crippen LogP contribution in [-0.2, 0) is 11.9 Å². The third-order valence-corrected chi connectivity index (χ3v) is 6.02. The molecule has 0 aliphatic rings. The van der Waals surface area contributed by atoms with Crippen LogP contribution >= 0.6 is 46.3 Å². The number of alkyl halides is 3. The third-order valence-electron chi connectivity index (χ3n) is 3.41. The van der Waals surface area contributed by atoms with Gasteiger partial charge in [-0.2, -0.15) is 13.2 Å². The molecule has 0 radical (unpaired) electrons. The molecule has 3 rings (SSSR count). The van der Waals surface area contributed by atoms with Crippen LogP contribution in [0.4, 0.5) is 28.8 Å². The first-order chi connectivity index (χ1) is 13.7. The van der Waals surface area contributed by atoms with Crippen LogP contribution in [0, 0.1) is 0 Å². The molecule has 5 nitrogen and oxygen atoms in total. The summed E-state index contributed by atoms with van der Waals surface area (Å²) in [4.78, 5) is 12.0. The maximum atomic E-state index is 12.9. The van der Waals surface area contributed by atoms with Gasteiger partial charge in [0.1, 0.15) is 0 Å². The Kier molecular flexibility index (Phi) is 6.89. The summed E-state index contributed by atoms with van der Waals surface area (Å²) in [5.74, 6) is 0.617. The minimum Gasteiger partial charge on any atom is -0.308 e. The van der Waals surface area contributed by atoms with Crippen molar-refractivity contribution >= 4 is 63.2 Å². The van der Waals surface area contributed by atoms with Crippen molar-refractivity contribution in [3.05, 3.63) is 63.6 Å². The molecule has 0 atom stereocenters. The second-order valence-corrected chi connectivity index (χ2v) is 8.61. The van der Waals surface area contributed by atoms with Gasteiger partial charge in [-0.05, 0) is 35.9 Å². The van der Waals surface area contributed by atoms with Crippen molar-refractivity contribution in [3.63, 3.8) is 0 Å². The maximum Gasteiger partial charge on any atom is 0.417 e. The topological polar surface area (TPSA) is 66.9 Å². The molecule has 3 aromatic rings. The number of rotatable bonds is 5. The lowest BCUT2D eigenvalue weighted by molar-refractivity contribution is -0.137. The molecule has 2 N–H and O–H groups in total. The molecule has 1 heterocycles. The molecule has 12 heteroatoms. The molecule has 2 amide bonds. The van der Waals surface area contributed by atoms with E-state index in [0.29, 0.717) is 15.1 Å². The van der Waals surface area contributed by atoms with Gasteiger partial charge in [-0.25, -0.2) is 4.79 Å². The highest BCUT2D eigenvalue weighted by Crippen LogP contribution is 2.36. The van der Waals surface area contributed by atoms with Crippen molar-refractivity contribution < 1.29 is 18.0 Å². The van der Waals surface area contributed by atoms with Gasteiger partial charge in [0.15, 0.2) is 4.34 Å². The van der Waals surface area contributed by atoms with Crippen molar-refractivity contribution in [1.29, 1.82) is 0 Å². The highest BCUT2D eigenvalue weighted by Gasteiger charge is 2.33.